The first-order chi connectivity index (χ1) is 13.7. The van der Waals surface area contributed by atoms with Crippen molar-refractivity contribution in [1.82, 2.24) is 24.7 Å². The summed E-state index contributed by atoms with van der Waals surface area (Å²) in [6, 6.07) is 12.5. The van der Waals surface area contributed by atoms with Crippen LogP contribution in [0.4, 0.5) is 17.6 Å². The monoisotopic (exact) mass is 371 g/mol. The van der Waals surface area contributed by atoms with Gasteiger partial charge < -0.3 is 10.3 Å². The van der Waals surface area contributed by atoms with E-state index in [-0.39, 0.29) is 0 Å². The van der Waals surface area contributed by atoms with Crippen molar-refractivity contribution >= 4 is 34.8 Å². The van der Waals surface area contributed by atoms with Crippen molar-refractivity contribution in [2.45, 2.75) is 25.7 Å². The number of anilines is 2. The molecule has 140 valence electrons. The van der Waals surface area contributed by atoms with Crippen LogP contribution in [-0.4, -0.2) is 30.9 Å². The number of aryl methyl sites for hydroxylation is 3. The molecule has 7 heteroatoms. The van der Waals surface area contributed by atoms with Crippen molar-refractivity contribution in [3.8, 4) is 0 Å². The molecule has 2 N–H and O–H groups in total. The summed E-state index contributed by atoms with van der Waals surface area (Å²) in [6.07, 6.45) is 6.08. The van der Waals surface area contributed by atoms with E-state index in [1.807, 2.05) is 38.5 Å². The van der Waals surface area contributed by atoms with Crippen LogP contribution >= 0.6 is 0 Å². The van der Waals surface area contributed by atoms with E-state index in [9.17, 15) is 0 Å². The zero-order valence-electron chi connectivity index (χ0n) is 15.8. The second-order valence-corrected chi connectivity index (χ2v) is 7.15. The molecule has 3 heterocycles. The summed E-state index contributed by atoms with van der Waals surface area (Å²) in [5.41, 5.74) is 4.48. The van der Waals surface area contributed by atoms with Gasteiger partial charge in [-0.2, -0.15) is 15.1 Å². The number of aliphatic imine (C=N–C) groups is 1. The molecule has 0 amide bonds. The average Bonchev–Trinajstić information content (AvgIpc) is 3.39. The molecule has 0 fully saturated rings. The van der Waals surface area contributed by atoms with Crippen molar-refractivity contribution in [3.05, 3.63) is 59.4 Å². The third-order valence-corrected chi connectivity index (χ3v) is 5.19. The molecule has 7 nitrogen and oxygen atoms in total. The first kappa shape index (κ1) is 16.7. The molecule has 0 aliphatic heterocycles. The van der Waals surface area contributed by atoms with Crippen LogP contribution in [0.2, 0.25) is 0 Å². The third-order valence-electron chi connectivity index (χ3n) is 5.19. The third kappa shape index (κ3) is 2.94. The van der Waals surface area contributed by atoms with E-state index in [1.165, 1.54) is 11.1 Å². The van der Waals surface area contributed by atoms with E-state index in [2.05, 4.69) is 49.6 Å². The number of rotatable bonds is 4. The van der Waals surface area contributed by atoms with E-state index in [0.29, 0.717) is 17.7 Å². The van der Waals surface area contributed by atoms with Crippen molar-refractivity contribution in [2.75, 3.05) is 5.32 Å². The van der Waals surface area contributed by atoms with Gasteiger partial charge in [-0.05, 0) is 37.0 Å². The largest absolute Gasteiger partial charge is 0.346 e. The predicted molar refractivity (Wildman–Crippen MR) is 111 cm³/mol. The second-order valence-electron chi connectivity index (χ2n) is 7.15. The number of nitrogens with one attached hydrogen (secondary N) is 2. The van der Waals surface area contributed by atoms with E-state index >= 15 is 0 Å². The Morgan fingerprint density at radius 2 is 2.14 bits per heavy atom. The Kier molecular flexibility index (Phi) is 3.93. The first-order valence-electron chi connectivity index (χ1n) is 9.42. The highest BCUT2D eigenvalue weighted by atomic mass is 15.3. The Labute approximate surface area is 162 Å². The van der Waals surface area contributed by atoms with E-state index in [1.54, 1.807) is 4.68 Å². The lowest BCUT2D eigenvalue weighted by molar-refractivity contribution is 0.763. The Morgan fingerprint density at radius 1 is 1.25 bits per heavy atom. The number of benzene rings is 1. The quantitative estimate of drug-likeness (QED) is 0.527. The fraction of sp³-hybridized carbons (Fsp3) is 0.238. The zero-order chi connectivity index (χ0) is 19.1. The zero-order valence-corrected chi connectivity index (χ0v) is 15.8. The normalized spacial score (nSPS) is 16.1. The van der Waals surface area contributed by atoms with Gasteiger partial charge in [0.2, 0.25) is 5.95 Å². The fourth-order valence-corrected chi connectivity index (χ4v) is 3.83. The topological polar surface area (TPSA) is 83.8 Å². The first-order valence-corrected chi connectivity index (χ1v) is 9.42. The van der Waals surface area contributed by atoms with Crippen LogP contribution in [-0.2, 0) is 13.5 Å². The predicted octanol–water partition coefficient (Wildman–Crippen LogP) is 4.18. The van der Waals surface area contributed by atoms with Crippen LogP contribution in [0.3, 0.4) is 0 Å². The molecule has 5 rings (SSSR count). The van der Waals surface area contributed by atoms with E-state index < -0.39 is 0 Å². The maximum Gasteiger partial charge on any atom is 0.232 e. The van der Waals surface area contributed by atoms with Gasteiger partial charge in [-0.3, -0.25) is 4.68 Å². The second kappa shape index (κ2) is 6.60. The Morgan fingerprint density at radius 3 is 3.00 bits per heavy atom. The molecule has 0 spiro atoms. The molecule has 28 heavy (non-hydrogen) atoms. The fourth-order valence-electron chi connectivity index (χ4n) is 3.83. The molecule has 0 saturated carbocycles. The molecule has 3 aromatic heterocycles. The lowest BCUT2D eigenvalue weighted by Crippen LogP contribution is -2.03. The number of hydrogen-bond donors (Lipinski definition) is 2. The number of fused-ring (bicyclic) bond motifs is 2. The summed E-state index contributed by atoms with van der Waals surface area (Å²) < 4.78 is 1.77. The van der Waals surface area contributed by atoms with Crippen LogP contribution in [0.5, 0.6) is 0 Å². The molecule has 0 radical (unpaired) electrons. The number of aromatic amines is 1. The Hall–Kier alpha value is -3.48. The van der Waals surface area contributed by atoms with Gasteiger partial charge in [0.1, 0.15) is 11.5 Å². The maximum absolute atomic E-state index is 4.76. The van der Waals surface area contributed by atoms with Gasteiger partial charge in [-0.25, -0.2) is 4.99 Å². The molecule has 0 bridgehead atoms. The summed E-state index contributed by atoms with van der Waals surface area (Å²) >= 11 is 0. The number of hydrogen-bond acceptors (Lipinski definition) is 5. The van der Waals surface area contributed by atoms with Gasteiger partial charge >= 0.3 is 0 Å². The summed E-state index contributed by atoms with van der Waals surface area (Å²) in [5, 5.41) is 8.51. The van der Waals surface area contributed by atoms with Crippen molar-refractivity contribution in [1.29, 1.82) is 0 Å². The minimum Gasteiger partial charge on any atom is -0.346 e. The number of aromatic nitrogens is 5. The number of nitrogens with zero attached hydrogens (tertiary/aromatic N) is 5. The smallest absolute Gasteiger partial charge is 0.232 e. The van der Waals surface area contributed by atoms with Crippen LogP contribution in [0, 0.1) is 6.92 Å². The molecule has 1 aliphatic carbocycles. The highest BCUT2D eigenvalue weighted by Crippen LogP contribution is 2.32. The van der Waals surface area contributed by atoms with Crippen molar-refractivity contribution in [2.24, 2.45) is 12.0 Å². The Balaban J connectivity index is 1.49. The van der Waals surface area contributed by atoms with Crippen molar-refractivity contribution < 1.29 is 0 Å². The average molecular weight is 371 g/mol. The minimum atomic E-state index is 0.330. The van der Waals surface area contributed by atoms with Crippen LogP contribution in [0.15, 0.2) is 47.6 Å². The highest BCUT2D eigenvalue weighted by molar-refractivity contribution is 5.89. The molecular formula is C21H21N7. The van der Waals surface area contributed by atoms with E-state index in [4.69, 9.17) is 4.99 Å². The molecule has 1 aromatic carbocycles. The standard InChI is InChI=1S/C21H21N7/c1-13-11-18(28(2)27-13)24-21-25-19-17(9-10-22-19)20(26-21)23-12-15-8-7-14-5-3-4-6-16(14)15/h3-6,9-12,15H,7-8H2,1-2H3,(H2,22,24,25,26). The highest BCUT2D eigenvalue weighted by Gasteiger charge is 2.20. The van der Waals surface area contributed by atoms with Gasteiger partial charge in [0.25, 0.3) is 0 Å². The Bertz CT molecular complexity index is 1180. The maximum atomic E-state index is 4.76. The van der Waals surface area contributed by atoms with E-state index in [0.717, 1.165) is 35.4 Å². The lowest BCUT2D eigenvalue weighted by Gasteiger charge is -2.07. The summed E-state index contributed by atoms with van der Waals surface area (Å²) in [4.78, 5) is 17.1. The summed E-state index contributed by atoms with van der Waals surface area (Å²) in [7, 11) is 1.89. The summed E-state index contributed by atoms with van der Waals surface area (Å²) in [6.45, 7) is 1.95. The number of H-pyrrole nitrogens is 1. The van der Waals surface area contributed by atoms with Crippen LogP contribution in [0.1, 0.15) is 29.2 Å². The summed E-state index contributed by atoms with van der Waals surface area (Å²) in [5.74, 6) is 2.33. The van der Waals surface area contributed by atoms with Gasteiger partial charge in [0.05, 0.1) is 11.1 Å². The molecule has 1 atom stereocenters. The molecule has 4 aromatic rings. The lowest BCUT2D eigenvalue weighted by atomic mass is 10.0. The molecule has 1 unspecified atom stereocenters. The molecule has 1 aliphatic rings. The van der Waals surface area contributed by atoms with Gasteiger partial charge in [-0.1, -0.05) is 24.3 Å². The van der Waals surface area contributed by atoms with Crippen LogP contribution < -0.4 is 5.32 Å². The minimum absolute atomic E-state index is 0.330. The molecule has 0 saturated heterocycles. The van der Waals surface area contributed by atoms with Crippen molar-refractivity contribution in [3.63, 3.8) is 0 Å². The van der Waals surface area contributed by atoms with Gasteiger partial charge in [-0.15, -0.1) is 0 Å². The molecular weight excluding hydrogens is 350 g/mol. The van der Waals surface area contributed by atoms with Gasteiger partial charge in [0.15, 0.2) is 5.82 Å². The SMILES string of the molecule is Cc1cc(Nc2nc(N=CC3CCc4ccccc43)c3cc[nH]c3n2)n(C)n1. The van der Waals surface area contributed by atoms with Gasteiger partial charge in [0, 0.05) is 31.4 Å². The van der Waals surface area contributed by atoms with Crippen LogP contribution in [0.25, 0.3) is 11.0 Å².